The second-order valence-electron chi connectivity index (χ2n) is 3.31. The zero-order valence-corrected chi connectivity index (χ0v) is 9.30. The van der Waals surface area contributed by atoms with Crippen LogP contribution in [0, 0.1) is 0 Å². The van der Waals surface area contributed by atoms with E-state index in [1.54, 1.807) is 6.07 Å². The first-order chi connectivity index (χ1) is 7.67. The van der Waals surface area contributed by atoms with Crippen LogP contribution in [0.3, 0.4) is 0 Å². The molecule has 88 valence electrons. The lowest BCUT2D eigenvalue weighted by molar-refractivity contribution is 0.0587. The topological polar surface area (TPSA) is 84.3 Å². The number of aromatic nitrogens is 2. The third-order valence-electron chi connectivity index (χ3n) is 1.98. The molecule has 0 aliphatic rings. The number of esters is 1. The molecule has 0 aromatic carbocycles. The van der Waals surface area contributed by atoms with Gasteiger partial charge >= 0.3 is 5.97 Å². The second-order valence-corrected chi connectivity index (χ2v) is 3.31. The van der Waals surface area contributed by atoms with E-state index in [1.807, 2.05) is 6.92 Å². The summed E-state index contributed by atoms with van der Waals surface area (Å²) in [5, 5.41) is 11.8. The SMILES string of the molecule is COC(=O)c1nccc(NC(C)CCO)n1. The van der Waals surface area contributed by atoms with Crippen LogP contribution in [0.5, 0.6) is 0 Å². The van der Waals surface area contributed by atoms with Crippen molar-refractivity contribution >= 4 is 11.8 Å². The predicted molar refractivity (Wildman–Crippen MR) is 58.2 cm³/mol. The molecule has 0 bridgehead atoms. The van der Waals surface area contributed by atoms with Crippen molar-refractivity contribution in [3.8, 4) is 0 Å². The Bertz CT molecular complexity index is 357. The number of aliphatic hydroxyl groups is 1. The van der Waals surface area contributed by atoms with E-state index >= 15 is 0 Å². The molecule has 1 unspecified atom stereocenters. The zero-order chi connectivity index (χ0) is 12.0. The Labute approximate surface area is 93.7 Å². The number of carbonyl (C=O) groups excluding carboxylic acids is 1. The van der Waals surface area contributed by atoms with Gasteiger partial charge in [0.2, 0.25) is 5.82 Å². The highest BCUT2D eigenvalue weighted by atomic mass is 16.5. The molecule has 1 aromatic heterocycles. The molecule has 1 rings (SSSR count). The van der Waals surface area contributed by atoms with E-state index in [-0.39, 0.29) is 18.5 Å². The normalized spacial score (nSPS) is 11.9. The minimum absolute atomic E-state index is 0.0173. The van der Waals surface area contributed by atoms with Gasteiger partial charge in [0.25, 0.3) is 0 Å². The highest BCUT2D eigenvalue weighted by Gasteiger charge is 2.10. The second kappa shape index (κ2) is 6.02. The molecule has 2 N–H and O–H groups in total. The molecule has 0 radical (unpaired) electrons. The van der Waals surface area contributed by atoms with Gasteiger partial charge in [0.1, 0.15) is 5.82 Å². The Morgan fingerprint density at radius 1 is 1.69 bits per heavy atom. The van der Waals surface area contributed by atoms with Crippen molar-refractivity contribution in [1.29, 1.82) is 0 Å². The summed E-state index contributed by atoms with van der Waals surface area (Å²) in [4.78, 5) is 18.9. The standard InChI is InChI=1S/C10H15N3O3/c1-7(4-6-14)12-8-3-5-11-9(13-8)10(15)16-2/h3,5,7,14H,4,6H2,1-2H3,(H,11,12,13). The summed E-state index contributed by atoms with van der Waals surface area (Å²) in [6.07, 6.45) is 2.09. The average Bonchev–Trinajstić information content (AvgIpc) is 2.28. The predicted octanol–water partition coefficient (Wildman–Crippen LogP) is 0.446. The summed E-state index contributed by atoms with van der Waals surface area (Å²) >= 11 is 0. The molecular formula is C10H15N3O3. The van der Waals surface area contributed by atoms with Crippen LogP contribution in [0.2, 0.25) is 0 Å². The number of nitrogens with zero attached hydrogens (tertiary/aromatic N) is 2. The van der Waals surface area contributed by atoms with Crippen molar-refractivity contribution in [2.75, 3.05) is 19.0 Å². The summed E-state index contributed by atoms with van der Waals surface area (Å²) < 4.78 is 4.51. The van der Waals surface area contributed by atoms with Gasteiger partial charge in [-0.2, -0.15) is 0 Å². The summed E-state index contributed by atoms with van der Waals surface area (Å²) in [5.74, 6) is -0.0153. The van der Waals surface area contributed by atoms with Crippen molar-refractivity contribution in [1.82, 2.24) is 9.97 Å². The molecule has 0 saturated carbocycles. The third-order valence-corrected chi connectivity index (χ3v) is 1.98. The molecule has 6 nitrogen and oxygen atoms in total. The smallest absolute Gasteiger partial charge is 0.376 e. The number of ether oxygens (including phenoxy) is 1. The highest BCUT2D eigenvalue weighted by molar-refractivity contribution is 5.85. The minimum atomic E-state index is -0.571. The monoisotopic (exact) mass is 225 g/mol. The molecule has 1 atom stereocenters. The van der Waals surface area contributed by atoms with Crippen LogP contribution >= 0.6 is 0 Å². The van der Waals surface area contributed by atoms with Gasteiger partial charge in [-0.1, -0.05) is 0 Å². The molecule has 0 aliphatic heterocycles. The van der Waals surface area contributed by atoms with E-state index in [0.29, 0.717) is 12.2 Å². The molecular weight excluding hydrogens is 210 g/mol. The number of anilines is 1. The maximum absolute atomic E-state index is 11.2. The lowest BCUT2D eigenvalue weighted by Crippen LogP contribution is -2.18. The van der Waals surface area contributed by atoms with Crippen LogP contribution in [0.1, 0.15) is 24.0 Å². The van der Waals surface area contributed by atoms with Gasteiger partial charge < -0.3 is 15.2 Å². The van der Waals surface area contributed by atoms with Gasteiger partial charge in [-0.25, -0.2) is 14.8 Å². The maximum Gasteiger partial charge on any atom is 0.376 e. The number of methoxy groups -OCH3 is 1. The molecule has 6 heteroatoms. The third kappa shape index (κ3) is 3.47. The van der Waals surface area contributed by atoms with Crippen molar-refractivity contribution in [3.05, 3.63) is 18.1 Å². The Hall–Kier alpha value is -1.69. The van der Waals surface area contributed by atoms with Gasteiger partial charge in [0.05, 0.1) is 7.11 Å². The van der Waals surface area contributed by atoms with Crippen LogP contribution in [0.25, 0.3) is 0 Å². The van der Waals surface area contributed by atoms with Crippen molar-refractivity contribution in [2.45, 2.75) is 19.4 Å². The molecule has 16 heavy (non-hydrogen) atoms. The van der Waals surface area contributed by atoms with E-state index in [9.17, 15) is 4.79 Å². The number of rotatable bonds is 5. The molecule has 0 saturated heterocycles. The van der Waals surface area contributed by atoms with Crippen LogP contribution in [-0.4, -0.2) is 40.8 Å². The summed E-state index contributed by atoms with van der Waals surface area (Å²) in [6.45, 7) is 2.01. The lowest BCUT2D eigenvalue weighted by atomic mass is 10.2. The fourth-order valence-corrected chi connectivity index (χ4v) is 1.15. The quantitative estimate of drug-likeness (QED) is 0.708. The van der Waals surface area contributed by atoms with Crippen molar-refractivity contribution in [2.24, 2.45) is 0 Å². The van der Waals surface area contributed by atoms with Crippen LogP contribution in [0.4, 0.5) is 5.82 Å². The molecule has 1 aromatic rings. The van der Waals surface area contributed by atoms with Gasteiger partial charge in [0.15, 0.2) is 0 Å². The van der Waals surface area contributed by atoms with Gasteiger partial charge in [-0.05, 0) is 19.4 Å². The fourth-order valence-electron chi connectivity index (χ4n) is 1.15. The van der Waals surface area contributed by atoms with Gasteiger partial charge in [-0.15, -0.1) is 0 Å². The first-order valence-corrected chi connectivity index (χ1v) is 4.96. The number of hydrogen-bond acceptors (Lipinski definition) is 6. The molecule has 1 heterocycles. The molecule has 0 aliphatic carbocycles. The maximum atomic E-state index is 11.2. The molecule has 0 spiro atoms. The first kappa shape index (κ1) is 12.4. The average molecular weight is 225 g/mol. The summed E-state index contributed by atoms with van der Waals surface area (Å²) in [6, 6.07) is 1.73. The Morgan fingerprint density at radius 3 is 3.06 bits per heavy atom. The summed E-state index contributed by atoms with van der Waals surface area (Å²) in [7, 11) is 1.28. The zero-order valence-electron chi connectivity index (χ0n) is 9.30. The number of aliphatic hydroxyl groups excluding tert-OH is 1. The molecule has 0 amide bonds. The van der Waals surface area contributed by atoms with Gasteiger partial charge in [0, 0.05) is 18.8 Å². The minimum Gasteiger partial charge on any atom is -0.463 e. The summed E-state index contributed by atoms with van der Waals surface area (Å²) in [5.41, 5.74) is 0. The van der Waals surface area contributed by atoms with Crippen molar-refractivity contribution < 1.29 is 14.6 Å². The largest absolute Gasteiger partial charge is 0.463 e. The number of nitrogens with one attached hydrogen (secondary N) is 1. The van der Waals surface area contributed by atoms with Crippen LogP contribution in [-0.2, 0) is 4.74 Å². The Balaban J connectivity index is 2.70. The number of carbonyl (C=O) groups is 1. The van der Waals surface area contributed by atoms with Crippen LogP contribution in [0.15, 0.2) is 12.3 Å². The fraction of sp³-hybridized carbons (Fsp3) is 0.500. The Morgan fingerprint density at radius 2 is 2.44 bits per heavy atom. The van der Waals surface area contributed by atoms with Gasteiger partial charge in [-0.3, -0.25) is 0 Å². The lowest BCUT2D eigenvalue weighted by Gasteiger charge is -2.12. The van der Waals surface area contributed by atoms with E-state index in [2.05, 4.69) is 20.0 Å². The molecule has 0 fully saturated rings. The first-order valence-electron chi connectivity index (χ1n) is 4.96. The Kier molecular flexibility index (Phi) is 4.65. The van der Waals surface area contributed by atoms with E-state index in [0.717, 1.165) is 0 Å². The van der Waals surface area contributed by atoms with Crippen LogP contribution < -0.4 is 5.32 Å². The van der Waals surface area contributed by atoms with E-state index in [4.69, 9.17) is 5.11 Å². The highest BCUT2D eigenvalue weighted by Crippen LogP contribution is 2.06. The number of hydrogen-bond donors (Lipinski definition) is 2. The van der Waals surface area contributed by atoms with E-state index < -0.39 is 5.97 Å². The van der Waals surface area contributed by atoms with Crippen molar-refractivity contribution in [3.63, 3.8) is 0 Å². The van der Waals surface area contributed by atoms with E-state index in [1.165, 1.54) is 13.3 Å².